The van der Waals surface area contributed by atoms with E-state index in [9.17, 15) is 0 Å². The van der Waals surface area contributed by atoms with Crippen molar-refractivity contribution in [2.75, 3.05) is 18.5 Å². The van der Waals surface area contributed by atoms with Crippen molar-refractivity contribution in [3.05, 3.63) is 6.20 Å². The number of ether oxygens (including phenoxy) is 1. The maximum atomic E-state index is 5.82. The van der Waals surface area contributed by atoms with Gasteiger partial charge in [0, 0.05) is 6.54 Å². The molecule has 0 atom stereocenters. The van der Waals surface area contributed by atoms with Gasteiger partial charge in [0.05, 0.1) is 12.8 Å². The van der Waals surface area contributed by atoms with E-state index in [2.05, 4.69) is 25.5 Å². The van der Waals surface area contributed by atoms with E-state index in [1.807, 2.05) is 6.92 Å². The maximum Gasteiger partial charge on any atom is 0.229 e. The van der Waals surface area contributed by atoms with Gasteiger partial charge in [-0.1, -0.05) is 19.3 Å². The lowest BCUT2D eigenvalue weighted by atomic mass is 9.83. The van der Waals surface area contributed by atoms with Crippen LogP contribution in [0.5, 0.6) is 5.88 Å². The fraction of sp³-hybridized carbons (Fsp3) is 0.615. The summed E-state index contributed by atoms with van der Waals surface area (Å²) in [5.41, 5.74) is 0.713. The third kappa shape index (κ3) is 2.62. The summed E-state index contributed by atoms with van der Waals surface area (Å²) in [6.45, 7) is 3.51. The fourth-order valence-corrected chi connectivity index (χ4v) is 2.26. The van der Waals surface area contributed by atoms with Gasteiger partial charge in [-0.25, -0.2) is 0 Å². The first-order valence-corrected chi connectivity index (χ1v) is 6.94. The number of rotatable bonds is 6. The Morgan fingerprint density at radius 1 is 1.42 bits per heavy atom. The number of anilines is 1. The molecule has 2 heterocycles. The van der Waals surface area contributed by atoms with Gasteiger partial charge in [-0.2, -0.15) is 15.1 Å². The fourth-order valence-electron chi connectivity index (χ4n) is 2.26. The first kappa shape index (κ1) is 12.2. The van der Waals surface area contributed by atoms with Gasteiger partial charge in [0.2, 0.25) is 11.8 Å². The molecule has 2 aromatic rings. The summed E-state index contributed by atoms with van der Waals surface area (Å²) in [4.78, 5) is 8.73. The lowest BCUT2D eigenvalue weighted by molar-refractivity contribution is 0.219. The van der Waals surface area contributed by atoms with Gasteiger partial charge in [-0.15, -0.1) is 0 Å². The molecule has 0 spiro atoms. The molecule has 0 radical (unpaired) electrons. The Morgan fingerprint density at radius 2 is 2.32 bits per heavy atom. The van der Waals surface area contributed by atoms with Crippen LogP contribution in [-0.4, -0.2) is 33.3 Å². The molecule has 6 nitrogen and oxygen atoms in total. The Balaban J connectivity index is 1.73. The van der Waals surface area contributed by atoms with E-state index in [0.717, 1.165) is 24.3 Å². The van der Waals surface area contributed by atoms with E-state index in [-0.39, 0.29) is 0 Å². The molecule has 6 heteroatoms. The molecule has 2 aromatic heterocycles. The molecule has 1 aliphatic rings. The normalized spacial score (nSPS) is 15.4. The highest BCUT2D eigenvalue weighted by molar-refractivity contribution is 5.80. The zero-order valence-electron chi connectivity index (χ0n) is 11.1. The van der Waals surface area contributed by atoms with Crippen molar-refractivity contribution in [1.82, 2.24) is 20.2 Å². The Hall–Kier alpha value is -1.85. The Bertz CT molecular complexity index is 549. The third-order valence-electron chi connectivity index (χ3n) is 3.60. The molecule has 19 heavy (non-hydrogen) atoms. The van der Waals surface area contributed by atoms with Crippen molar-refractivity contribution in [3.8, 4) is 5.88 Å². The van der Waals surface area contributed by atoms with Gasteiger partial charge in [0.1, 0.15) is 5.39 Å². The van der Waals surface area contributed by atoms with Crippen LogP contribution in [0.2, 0.25) is 0 Å². The summed E-state index contributed by atoms with van der Waals surface area (Å²) in [5, 5.41) is 10.8. The van der Waals surface area contributed by atoms with Crippen LogP contribution in [0.4, 0.5) is 5.95 Å². The van der Waals surface area contributed by atoms with Crippen LogP contribution < -0.4 is 10.1 Å². The monoisotopic (exact) mass is 261 g/mol. The summed E-state index contributed by atoms with van der Waals surface area (Å²) in [6, 6.07) is 0. The van der Waals surface area contributed by atoms with Crippen molar-refractivity contribution in [3.63, 3.8) is 0 Å². The van der Waals surface area contributed by atoms with E-state index >= 15 is 0 Å². The number of aromatic nitrogens is 4. The average Bonchev–Trinajstić information content (AvgIpc) is 2.80. The molecule has 102 valence electrons. The second kappa shape index (κ2) is 5.42. The molecular formula is C13H19N5O. The van der Waals surface area contributed by atoms with Gasteiger partial charge in [0.15, 0.2) is 5.65 Å². The molecule has 1 aliphatic carbocycles. The largest absolute Gasteiger partial charge is 0.477 e. The number of hydrogen-bond donors (Lipinski definition) is 2. The van der Waals surface area contributed by atoms with Crippen LogP contribution in [0.3, 0.4) is 0 Å². The zero-order chi connectivity index (χ0) is 13.1. The molecule has 0 unspecified atom stereocenters. The van der Waals surface area contributed by atoms with E-state index in [1.54, 1.807) is 6.20 Å². The minimum atomic E-state index is 0.581. The second-order valence-electron chi connectivity index (χ2n) is 4.95. The molecule has 1 saturated carbocycles. The van der Waals surface area contributed by atoms with Gasteiger partial charge in [-0.3, -0.25) is 5.10 Å². The van der Waals surface area contributed by atoms with E-state index in [4.69, 9.17) is 4.74 Å². The predicted octanol–water partition coefficient (Wildman–Crippen LogP) is 2.35. The van der Waals surface area contributed by atoms with Crippen LogP contribution in [0.1, 0.15) is 32.6 Å². The van der Waals surface area contributed by atoms with Crippen molar-refractivity contribution >= 4 is 17.0 Å². The number of nitrogens with one attached hydrogen (secondary N) is 2. The Morgan fingerprint density at radius 3 is 3.05 bits per heavy atom. The minimum Gasteiger partial charge on any atom is -0.477 e. The van der Waals surface area contributed by atoms with E-state index < -0.39 is 0 Å². The lowest BCUT2D eigenvalue weighted by Crippen LogP contribution is -2.15. The minimum absolute atomic E-state index is 0.581. The van der Waals surface area contributed by atoms with E-state index in [1.165, 1.54) is 19.3 Å². The molecule has 0 amide bonds. The SMILES string of the molecule is CCNc1nc(OCCC2CCC2)c2cn[nH]c2n1. The molecule has 0 bridgehead atoms. The zero-order valence-corrected chi connectivity index (χ0v) is 11.1. The number of H-pyrrole nitrogens is 1. The average molecular weight is 261 g/mol. The Labute approximate surface area is 112 Å². The predicted molar refractivity (Wildman–Crippen MR) is 73.3 cm³/mol. The number of nitrogens with zero attached hydrogens (tertiary/aromatic N) is 3. The number of fused-ring (bicyclic) bond motifs is 1. The van der Waals surface area contributed by atoms with Gasteiger partial charge < -0.3 is 10.1 Å². The number of hydrogen-bond acceptors (Lipinski definition) is 5. The van der Waals surface area contributed by atoms with Crippen LogP contribution >= 0.6 is 0 Å². The topological polar surface area (TPSA) is 75.7 Å². The second-order valence-corrected chi connectivity index (χ2v) is 4.95. The highest BCUT2D eigenvalue weighted by Gasteiger charge is 2.17. The van der Waals surface area contributed by atoms with E-state index in [0.29, 0.717) is 24.1 Å². The molecular weight excluding hydrogens is 242 g/mol. The van der Waals surface area contributed by atoms with Gasteiger partial charge >= 0.3 is 0 Å². The maximum absolute atomic E-state index is 5.82. The van der Waals surface area contributed by atoms with Crippen LogP contribution in [0.15, 0.2) is 6.20 Å². The first-order chi connectivity index (χ1) is 9.36. The summed E-state index contributed by atoms with van der Waals surface area (Å²) in [6.07, 6.45) is 6.88. The molecule has 0 aromatic carbocycles. The van der Waals surface area contributed by atoms with Gasteiger partial charge in [0.25, 0.3) is 0 Å². The summed E-state index contributed by atoms with van der Waals surface area (Å²) >= 11 is 0. The number of aromatic amines is 1. The third-order valence-corrected chi connectivity index (χ3v) is 3.60. The van der Waals surface area contributed by atoms with Crippen molar-refractivity contribution in [2.45, 2.75) is 32.6 Å². The molecule has 0 aliphatic heterocycles. The molecule has 0 saturated heterocycles. The van der Waals surface area contributed by atoms with Gasteiger partial charge in [-0.05, 0) is 19.3 Å². The highest BCUT2D eigenvalue weighted by atomic mass is 16.5. The highest BCUT2D eigenvalue weighted by Crippen LogP contribution is 2.30. The molecule has 3 rings (SSSR count). The lowest BCUT2D eigenvalue weighted by Gasteiger charge is -2.24. The van der Waals surface area contributed by atoms with Crippen molar-refractivity contribution in [2.24, 2.45) is 5.92 Å². The first-order valence-electron chi connectivity index (χ1n) is 6.94. The molecule has 1 fully saturated rings. The van der Waals surface area contributed by atoms with Crippen molar-refractivity contribution in [1.29, 1.82) is 0 Å². The van der Waals surface area contributed by atoms with Crippen molar-refractivity contribution < 1.29 is 4.74 Å². The molecule has 2 N–H and O–H groups in total. The summed E-state index contributed by atoms with van der Waals surface area (Å²) in [7, 11) is 0. The van der Waals surface area contributed by atoms with Crippen LogP contribution in [-0.2, 0) is 0 Å². The summed E-state index contributed by atoms with van der Waals surface area (Å²) < 4.78 is 5.82. The quantitative estimate of drug-likeness (QED) is 0.834. The summed E-state index contributed by atoms with van der Waals surface area (Å²) in [5.74, 6) is 2.04. The van der Waals surface area contributed by atoms with Crippen LogP contribution in [0, 0.1) is 5.92 Å². The Kier molecular flexibility index (Phi) is 3.48. The van der Waals surface area contributed by atoms with Crippen LogP contribution in [0.25, 0.3) is 11.0 Å². The smallest absolute Gasteiger partial charge is 0.229 e. The standard InChI is InChI=1S/C13H19N5O/c1-2-14-13-16-11-10(8-15-18-11)12(17-13)19-7-6-9-4-3-5-9/h8-9H,2-7H2,1H3,(H2,14,15,16,17,18).